The van der Waals surface area contributed by atoms with Crippen LogP contribution in [0, 0.1) is 0 Å². The summed E-state index contributed by atoms with van der Waals surface area (Å²) in [6.07, 6.45) is 4.42. The van der Waals surface area contributed by atoms with Crippen molar-refractivity contribution in [2.24, 2.45) is 4.99 Å². The fourth-order valence-corrected chi connectivity index (χ4v) is 5.12. The number of nitrogens with one attached hydrogen (secondary N) is 3. The van der Waals surface area contributed by atoms with Gasteiger partial charge in [-0.1, -0.05) is 24.3 Å². The monoisotopic (exact) mass is 574 g/mol. The van der Waals surface area contributed by atoms with Crippen LogP contribution in [0.3, 0.4) is 0 Å². The number of rotatable bonds is 9. The van der Waals surface area contributed by atoms with Crippen LogP contribution >= 0.6 is 24.0 Å². The molecule has 1 amide bonds. The average molecular weight is 574 g/mol. The molecule has 11 heteroatoms. The molecule has 1 atom stereocenters. The third-order valence-electron chi connectivity index (χ3n) is 5.00. The van der Waals surface area contributed by atoms with Crippen molar-refractivity contribution < 1.29 is 13.2 Å². The first-order chi connectivity index (χ1) is 14.9. The SMILES string of the molecule is CCNC(=NCc1ccccc1Cn1cccn1)NCCC(=O)NC1CCS(=O)(=O)C1.I. The highest BCUT2D eigenvalue weighted by atomic mass is 127. The zero-order valence-electron chi connectivity index (χ0n) is 18.2. The van der Waals surface area contributed by atoms with Gasteiger partial charge >= 0.3 is 0 Å². The molecule has 3 rings (SSSR count). The smallest absolute Gasteiger partial charge is 0.222 e. The number of nitrogens with zero attached hydrogens (tertiary/aromatic N) is 3. The molecule has 0 radical (unpaired) electrons. The maximum Gasteiger partial charge on any atom is 0.222 e. The average Bonchev–Trinajstić information content (AvgIpc) is 3.36. The zero-order chi connectivity index (χ0) is 22.1. The van der Waals surface area contributed by atoms with E-state index in [0.29, 0.717) is 38.6 Å². The molecule has 0 saturated carbocycles. The maximum atomic E-state index is 12.1. The first-order valence-electron chi connectivity index (χ1n) is 10.5. The summed E-state index contributed by atoms with van der Waals surface area (Å²) in [7, 11) is -3.00. The molecule has 1 unspecified atom stereocenters. The number of carbonyl (C=O) groups excluding carboxylic acids is 1. The predicted octanol–water partition coefficient (Wildman–Crippen LogP) is 1.30. The van der Waals surface area contributed by atoms with Gasteiger partial charge in [0.1, 0.15) is 0 Å². The summed E-state index contributed by atoms with van der Waals surface area (Å²) in [5.41, 5.74) is 2.26. The lowest BCUT2D eigenvalue weighted by Crippen LogP contribution is -2.41. The van der Waals surface area contributed by atoms with Crippen LogP contribution in [0.5, 0.6) is 0 Å². The number of amides is 1. The quantitative estimate of drug-likeness (QED) is 0.236. The fraction of sp³-hybridized carbons (Fsp3) is 0.476. The second kappa shape index (κ2) is 12.8. The van der Waals surface area contributed by atoms with Crippen LogP contribution in [-0.4, -0.2) is 60.7 Å². The Labute approximate surface area is 206 Å². The Morgan fingerprint density at radius 1 is 1.22 bits per heavy atom. The molecule has 2 heterocycles. The number of hydrogen-bond acceptors (Lipinski definition) is 5. The van der Waals surface area contributed by atoms with E-state index in [9.17, 15) is 13.2 Å². The summed E-state index contributed by atoms with van der Waals surface area (Å²) in [6.45, 7) is 4.27. The number of aromatic nitrogens is 2. The molecule has 1 aromatic heterocycles. The topological polar surface area (TPSA) is 117 Å². The Morgan fingerprint density at radius 2 is 2.00 bits per heavy atom. The first-order valence-corrected chi connectivity index (χ1v) is 12.3. The first kappa shape index (κ1) is 26.1. The van der Waals surface area contributed by atoms with E-state index in [-0.39, 0.29) is 53.9 Å². The Kier molecular flexibility index (Phi) is 10.4. The second-order valence-electron chi connectivity index (χ2n) is 7.51. The second-order valence-corrected chi connectivity index (χ2v) is 9.74. The van der Waals surface area contributed by atoms with Crippen molar-refractivity contribution in [1.82, 2.24) is 25.7 Å². The molecular weight excluding hydrogens is 543 g/mol. The summed E-state index contributed by atoms with van der Waals surface area (Å²) < 4.78 is 24.9. The molecule has 0 aliphatic carbocycles. The third kappa shape index (κ3) is 8.41. The Hall–Kier alpha value is -2.15. The lowest BCUT2D eigenvalue weighted by atomic mass is 10.1. The van der Waals surface area contributed by atoms with E-state index in [0.717, 1.165) is 11.1 Å². The van der Waals surface area contributed by atoms with Crippen molar-refractivity contribution in [2.45, 2.75) is 38.9 Å². The van der Waals surface area contributed by atoms with Gasteiger partial charge in [-0.25, -0.2) is 13.4 Å². The van der Waals surface area contributed by atoms with Gasteiger partial charge in [-0.15, -0.1) is 24.0 Å². The normalized spacial score (nSPS) is 17.4. The summed E-state index contributed by atoms with van der Waals surface area (Å²) in [6, 6.07) is 9.74. The van der Waals surface area contributed by atoms with Gasteiger partial charge in [-0.3, -0.25) is 9.48 Å². The van der Waals surface area contributed by atoms with Crippen LogP contribution < -0.4 is 16.0 Å². The van der Waals surface area contributed by atoms with E-state index in [1.165, 1.54) is 0 Å². The minimum Gasteiger partial charge on any atom is -0.357 e. The summed E-state index contributed by atoms with van der Waals surface area (Å²) >= 11 is 0. The standard InChI is InChI=1S/C21H30N6O3S.HI/c1-2-22-21(23-11-8-20(28)26-19-9-13-31(29,30)16-19)24-14-17-6-3-4-7-18(17)15-27-12-5-10-25-27;/h3-7,10,12,19H,2,8-9,11,13-16H2,1H3,(H,26,28)(H2,22,23,24);1H. The van der Waals surface area contributed by atoms with Gasteiger partial charge in [0.25, 0.3) is 0 Å². The highest BCUT2D eigenvalue weighted by Gasteiger charge is 2.28. The van der Waals surface area contributed by atoms with Gasteiger partial charge in [0.15, 0.2) is 15.8 Å². The third-order valence-corrected chi connectivity index (χ3v) is 6.77. The van der Waals surface area contributed by atoms with Crippen molar-refractivity contribution in [1.29, 1.82) is 0 Å². The number of halogens is 1. The molecule has 1 aliphatic heterocycles. The van der Waals surface area contributed by atoms with Crippen LogP contribution in [0.25, 0.3) is 0 Å². The van der Waals surface area contributed by atoms with E-state index in [4.69, 9.17) is 0 Å². The molecule has 1 aromatic carbocycles. The Balaban J connectivity index is 0.00000363. The van der Waals surface area contributed by atoms with Gasteiger partial charge in [-0.05, 0) is 30.5 Å². The van der Waals surface area contributed by atoms with Gasteiger partial charge in [0, 0.05) is 37.9 Å². The van der Waals surface area contributed by atoms with E-state index in [1.54, 1.807) is 6.20 Å². The zero-order valence-corrected chi connectivity index (χ0v) is 21.3. The van der Waals surface area contributed by atoms with Crippen LogP contribution in [0.1, 0.15) is 30.9 Å². The van der Waals surface area contributed by atoms with Crippen molar-refractivity contribution in [3.05, 3.63) is 53.9 Å². The molecule has 0 spiro atoms. The molecule has 2 aromatic rings. The van der Waals surface area contributed by atoms with Crippen LogP contribution in [0.15, 0.2) is 47.7 Å². The molecule has 176 valence electrons. The van der Waals surface area contributed by atoms with E-state index in [1.807, 2.05) is 36.0 Å². The number of hydrogen-bond donors (Lipinski definition) is 3. The highest BCUT2D eigenvalue weighted by molar-refractivity contribution is 14.0. The van der Waals surface area contributed by atoms with Gasteiger partial charge in [-0.2, -0.15) is 5.10 Å². The number of aliphatic imine (C=N–C) groups is 1. The van der Waals surface area contributed by atoms with Crippen LogP contribution in [0.2, 0.25) is 0 Å². The fourth-order valence-electron chi connectivity index (χ4n) is 3.44. The highest BCUT2D eigenvalue weighted by Crippen LogP contribution is 2.12. The van der Waals surface area contributed by atoms with Crippen molar-refractivity contribution in [3.8, 4) is 0 Å². The van der Waals surface area contributed by atoms with Gasteiger partial charge in [0.05, 0.1) is 24.6 Å². The largest absolute Gasteiger partial charge is 0.357 e. The molecule has 32 heavy (non-hydrogen) atoms. The number of sulfone groups is 1. The number of guanidine groups is 1. The van der Waals surface area contributed by atoms with Gasteiger partial charge < -0.3 is 16.0 Å². The number of carbonyl (C=O) groups is 1. The molecule has 3 N–H and O–H groups in total. The molecule has 0 bridgehead atoms. The summed E-state index contributed by atoms with van der Waals surface area (Å²) in [5.74, 6) is 0.659. The van der Waals surface area contributed by atoms with Crippen LogP contribution in [0.4, 0.5) is 0 Å². The lowest BCUT2D eigenvalue weighted by Gasteiger charge is -2.14. The van der Waals surface area contributed by atoms with E-state index < -0.39 is 9.84 Å². The maximum absolute atomic E-state index is 12.1. The minimum atomic E-state index is -3.00. The molecule has 9 nitrogen and oxygen atoms in total. The molecule has 1 saturated heterocycles. The van der Waals surface area contributed by atoms with Crippen molar-refractivity contribution in [2.75, 3.05) is 24.6 Å². The van der Waals surface area contributed by atoms with E-state index in [2.05, 4.69) is 38.2 Å². The predicted molar refractivity (Wildman–Crippen MR) is 136 cm³/mol. The van der Waals surface area contributed by atoms with Crippen molar-refractivity contribution >= 4 is 45.7 Å². The van der Waals surface area contributed by atoms with Crippen LogP contribution in [-0.2, 0) is 27.7 Å². The number of benzene rings is 1. The molecule has 1 fully saturated rings. The van der Waals surface area contributed by atoms with Crippen molar-refractivity contribution in [3.63, 3.8) is 0 Å². The minimum absolute atomic E-state index is 0. The Bertz CT molecular complexity index is 995. The molecule has 1 aliphatic rings. The van der Waals surface area contributed by atoms with E-state index >= 15 is 0 Å². The lowest BCUT2D eigenvalue weighted by molar-refractivity contribution is -0.121. The van der Waals surface area contributed by atoms with Gasteiger partial charge in [0.2, 0.25) is 5.91 Å². The summed E-state index contributed by atoms with van der Waals surface area (Å²) in [5, 5.41) is 13.4. The summed E-state index contributed by atoms with van der Waals surface area (Å²) in [4.78, 5) is 16.8. The molecular formula is C21H31IN6O3S. The Morgan fingerprint density at radius 3 is 2.66 bits per heavy atom.